The molecular weight excluding hydrogens is 911 g/mol. The Hall–Kier alpha value is -1.96. The van der Waals surface area contributed by atoms with E-state index >= 15 is 0 Å². The van der Waals surface area contributed by atoms with Crippen LogP contribution < -0.4 is 0 Å². The van der Waals surface area contributed by atoms with Crippen LogP contribution in [0.2, 0.25) is 9.26 Å². The molecule has 2 unspecified atom stereocenters. The molecule has 4 aromatic carbocycles. The zero-order valence-electron chi connectivity index (χ0n) is 41.0. The van der Waals surface area contributed by atoms with E-state index in [1.807, 2.05) is 11.1 Å². The van der Waals surface area contributed by atoms with Crippen LogP contribution in [-0.4, -0.2) is 6.88 Å². The van der Waals surface area contributed by atoms with Crippen molar-refractivity contribution in [2.45, 2.75) is 185 Å². The van der Waals surface area contributed by atoms with Gasteiger partial charge in [0.1, 0.15) is 0 Å². The summed E-state index contributed by atoms with van der Waals surface area (Å²) in [5.74, 6) is 0. The van der Waals surface area contributed by atoms with Crippen molar-refractivity contribution < 1.29 is 17.4 Å². The molecule has 346 valence electrons. The van der Waals surface area contributed by atoms with Crippen molar-refractivity contribution in [1.82, 2.24) is 0 Å². The van der Waals surface area contributed by atoms with Crippen molar-refractivity contribution in [3.8, 4) is 22.3 Å². The van der Waals surface area contributed by atoms with Gasteiger partial charge in [0.25, 0.3) is 0 Å². The minimum atomic E-state index is -4.04. The minimum absolute atomic E-state index is 0. The van der Waals surface area contributed by atoms with Crippen molar-refractivity contribution in [3.05, 3.63) is 129 Å². The van der Waals surface area contributed by atoms with Crippen molar-refractivity contribution in [3.63, 3.8) is 0 Å². The van der Waals surface area contributed by atoms with Gasteiger partial charge in [0.15, 0.2) is 0 Å². The molecule has 0 N–H and O–H groups in total. The zero-order chi connectivity index (χ0) is 43.4. The SMILES string of the molecule is CCCC1(CC2=Cc3c(-c4ccc(C)cc4)cccc3[CH]2[Zr]([CH3])([CH3])(=[SiH2])[CH]2C(CC3(CCC)CCCCCCCC3)=Cc3c(-c4ccc(C)cc4)cccc32)CCCCCCCC1.Cl.Cl. The molecule has 0 heterocycles. The maximum Gasteiger partial charge on any atom is -0.147 e. The maximum absolute atomic E-state index is 4.04. The van der Waals surface area contributed by atoms with Gasteiger partial charge in [-0.05, 0) is 0 Å². The number of allylic oxidation sites excluding steroid dienone is 2. The van der Waals surface area contributed by atoms with Crippen LogP contribution >= 0.6 is 24.8 Å². The van der Waals surface area contributed by atoms with Gasteiger partial charge < -0.3 is 0 Å². The zero-order valence-corrected chi connectivity index (χ0v) is 46.5. The summed E-state index contributed by atoms with van der Waals surface area (Å²) in [5, 5.41) is 0. The molecule has 4 heteroatoms. The van der Waals surface area contributed by atoms with Gasteiger partial charge in [-0.25, -0.2) is 0 Å². The van der Waals surface area contributed by atoms with E-state index in [9.17, 15) is 0 Å². The molecule has 0 bridgehead atoms. The molecule has 0 saturated heterocycles. The van der Waals surface area contributed by atoms with Gasteiger partial charge >= 0.3 is 384 Å². The Balaban J connectivity index is 0.00000340. The third-order valence-corrected chi connectivity index (χ3v) is 34.5. The molecular formula is C60H84Cl2SiZr. The van der Waals surface area contributed by atoms with Gasteiger partial charge in [-0.3, -0.25) is 0 Å². The van der Waals surface area contributed by atoms with Gasteiger partial charge in [0.2, 0.25) is 0 Å². The summed E-state index contributed by atoms with van der Waals surface area (Å²) in [5.41, 5.74) is 19.3. The van der Waals surface area contributed by atoms with Crippen LogP contribution in [0, 0.1) is 24.7 Å². The third kappa shape index (κ3) is 11.0. The number of hydrogen-bond acceptors (Lipinski definition) is 0. The first-order chi connectivity index (χ1) is 29.9. The van der Waals surface area contributed by atoms with Crippen LogP contribution in [0.1, 0.15) is 196 Å². The Morgan fingerprint density at radius 1 is 0.484 bits per heavy atom. The van der Waals surface area contributed by atoms with E-state index in [0.717, 1.165) is 0 Å². The minimum Gasteiger partial charge on any atom is -0.147 e. The smallest absolute Gasteiger partial charge is 0.147 e. The number of benzene rings is 4. The molecule has 8 rings (SSSR count). The molecule has 2 fully saturated rings. The predicted molar refractivity (Wildman–Crippen MR) is 287 cm³/mol. The number of aryl methyl sites for hydroxylation is 2. The van der Waals surface area contributed by atoms with E-state index in [-0.39, 0.29) is 24.8 Å². The van der Waals surface area contributed by atoms with Crippen molar-refractivity contribution in [2.75, 3.05) is 0 Å². The Morgan fingerprint density at radius 3 is 1.14 bits per heavy atom. The number of halogens is 2. The maximum atomic E-state index is 2.96. The van der Waals surface area contributed by atoms with Gasteiger partial charge in [0.05, 0.1) is 0 Å². The van der Waals surface area contributed by atoms with Gasteiger partial charge in [0, 0.05) is 0 Å². The Morgan fingerprint density at radius 2 is 0.812 bits per heavy atom. The van der Waals surface area contributed by atoms with Crippen LogP contribution in [0.25, 0.3) is 34.4 Å². The summed E-state index contributed by atoms with van der Waals surface area (Å²) in [6.45, 7) is 12.0. The molecule has 4 aromatic rings. The van der Waals surface area contributed by atoms with Crippen molar-refractivity contribution >= 4 is 43.8 Å². The number of hydrogen-bond donors (Lipinski definition) is 0. The van der Waals surface area contributed by atoms with Crippen LogP contribution in [0.3, 0.4) is 0 Å². The molecule has 2 saturated carbocycles. The molecule has 0 aromatic heterocycles. The van der Waals surface area contributed by atoms with Crippen LogP contribution in [-0.2, 0) is 17.4 Å². The first-order valence-corrected chi connectivity index (χ1v) is 39.5. The van der Waals surface area contributed by atoms with Crippen LogP contribution in [0.15, 0.2) is 96.1 Å². The Bertz CT molecular complexity index is 2130. The van der Waals surface area contributed by atoms with Crippen LogP contribution in [0.4, 0.5) is 0 Å². The van der Waals surface area contributed by atoms with Crippen molar-refractivity contribution in [1.29, 1.82) is 0 Å². The summed E-state index contributed by atoms with van der Waals surface area (Å²) < 4.78 is 6.98. The molecule has 0 amide bonds. The van der Waals surface area contributed by atoms with Crippen LogP contribution in [0.5, 0.6) is 0 Å². The summed E-state index contributed by atoms with van der Waals surface area (Å²) in [6.07, 6.45) is 36.3. The molecule has 0 aliphatic heterocycles. The summed E-state index contributed by atoms with van der Waals surface area (Å²) >= 11 is -4.04. The second-order valence-electron chi connectivity index (χ2n) is 22.7. The van der Waals surface area contributed by atoms with Crippen molar-refractivity contribution in [2.24, 2.45) is 10.8 Å². The standard InChI is InChI=1S/2C29H37.2CH3.2ClH.H2Si.Zr/c2*1-3-17-29(18-8-6-4-5-7-9-19-29)22-24-20-26-11-10-12-27(28(26)21-24)25-15-13-23(2)14-16-25;;;;;;/h2*10-16,20-21H,3-9,17-19,22H2,1-2H3;2*1H3;2*1H;1H2;. The third-order valence-electron chi connectivity index (χ3n) is 17.0. The second-order valence-corrected chi connectivity index (χ2v) is 53.2. The fourth-order valence-corrected chi connectivity index (χ4v) is 33.9. The van der Waals surface area contributed by atoms with Gasteiger partial charge in [-0.15, -0.1) is 24.8 Å². The molecule has 0 radical (unpaired) electrons. The summed E-state index contributed by atoms with van der Waals surface area (Å²) in [7, 11) is 0. The fourth-order valence-electron chi connectivity index (χ4n) is 14.2. The van der Waals surface area contributed by atoms with E-state index < -0.39 is 17.4 Å². The van der Waals surface area contributed by atoms with Gasteiger partial charge in [-0.2, -0.15) is 0 Å². The van der Waals surface area contributed by atoms with E-state index in [2.05, 4.69) is 141 Å². The normalized spacial score (nSPS) is 21.2. The second kappa shape index (κ2) is 22.0. The van der Waals surface area contributed by atoms with E-state index in [0.29, 0.717) is 18.1 Å². The van der Waals surface area contributed by atoms with E-state index in [1.165, 1.54) is 175 Å². The largest absolute Gasteiger partial charge is 0.147 e. The van der Waals surface area contributed by atoms with E-state index in [4.69, 9.17) is 0 Å². The Labute approximate surface area is 406 Å². The number of rotatable bonds is 12. The van der Waals surface area contributed by atoms with E-state index in [1.54, 1.807) is 22.3 Å². The first-order valence-electron chi connectivity index (χ1n) is 25.8. The first kappa shape index (κ1) is 51.4. The van der Waals surface area contributed by atoms with Gasteiger partial charge in [-0.1, -0.05) is 0 Å². The molecule has 0 nitrogen and oxygen atoms in total. The molecule has 2 atom stereocenters. The fraction of sp³-hybridized carbons (Fsp3) is 0.533. The average molecular weight is 996 g/mol. The monoisotopic (exact) mass is 992 g/mol. The topological polar surface area (TPSA) is 0 Å². The summed E-state index contributed by atoms with van der Waals surface area (Å²) in [4.78, 5) is 0. The summed E-state index contributed by atoms with van der Waals surface area (Å²) in [6, 6.07) is 33.9. The molecule has 4 aliphatic carbocycles. The molecule has 0 spiro atoms. The number of fused-ring (bicyclic) bond motifs is 2. The molecule has 64 heavy (non-hydrogen) atoms. The Kier molecular flexibility index (Phi) is 17.7. The average Bonchev–Trinajstić information content (AvgIpc) is 3.87. The molecule has 4 aliphatic rings. The quantitative estimate of drug-likeness (QED) is 0.124. The predicted octanol–water partition coefficient (Wildman–Crippen LogP) is 19.0.